The van der Waals surface area contributed by atoms with E-state index in [0.29, 0.717) is 17.9 Å². The molecule has 1 N–H and O–H groups in total. The summed E-state index contributed by atoms with van der Waals surface area (Å²) in [4.78, 5) is 11.2. The minimum Gasteiger partial charge on any atom is -0.548 e. The number of carbonyl (C=O) groups is 1. The zero-order valence-electron chi connectivity index (χ0n) is 8.83. The Morgan fingerprint density at radius 2 is 2.06 bits per heavy atom. The minimum absolute atomic E-state index is 0.594. The van der Waals surface area contributed by atoms with Gasteiger partial charge in [0.2, 0.25) is 0 Å². The Balaban J connectivity index is 2.21. The fourth-order valence-corrected chi connectivity index (χ4v) is 2.39. The van der Waals surface area contributed by atoms with E-state index in [4.69, 9.17) is 11.6 Å². The van der Waals surface area contributed by atoms with Gasteiger partial charge in [0.25, 0.3) is 0 Å². The van der Waals surface area contributed by atoms with Crippen molar-refractivity contribution in [3.8, 4) is 0 Å². The smallest absolute Gasteiger partial charge is 0.0769 e. The number of hydrogen-bond donors (Lipinski definition) is 1. The zero-order chi connectivity index (χ0) is 11.6. The summed E-state index contributed by atoms with van der Waals surface area (Å²) < 4.78 is 0. The number of benzene rings is 1. The molecule has 86 valence electrons. The summed E-state index contributed by atoms with van der Waals surface area (Å²) in [6.45, 7) is 0. The van der Waals surface area contributed by atoms with Crippen molar-refractivity contribution in [2.24, 2.45) is 0 Å². The highest BCUT2D eigenvalue weighted by molar-refractivity contribution is 6.30. The van der Waals surface area contributed by atoms with Crippen LogP contribution in [0.5, 0.6) is 0 Å². The molecule has 1 aromatic carbocycles. The highest BCUT2D eigenvalue weighted by Crippen LogP contribution is 2.33. The van der Waals surface area contributed by atoms with Gasteiger partial charge in [-0.1, -0.05) is 30.5 Å². The molecule has 1 aliphatic rings. The first-order chi connectivity index (χ1) is 7.62. The SMILES string of the molecule is O=C([O-])C1(Nc2cccc(Cl)c2)CCCC1. The maximum atomic E-state index is 11.2. The number of carboxylic acids is 1. The molecule has 0 aliphatic heterocycles. The molecule has 0 saturated heterocycles. The first-order valence-corrected chi connectivity index (χ1v) is 5.75. The van der Waals surface area contributed by atoms with E-state index in [1.54, 1.807) is 18.2 Å². The van der Waals surface area contributed by atoms with Gasteiger partial charge in [-0.25, -0.2) is 0 Å². The molecule has 0 spiro atoms. The standard InChI is InChI=1S/C12H14ClNO2/c13-9-4-3-5-10(8-9)14-12(11(15)16)6-1-2-7-12/h3-5,8,14H,1-2,6-7H2,(H,15,16)/p-1. The third kappa shape index (κ3) is 2.14. The number of carbonyl (C=O) groups excluding carboxylic acids is 1. The van der Waals surface area contributed by atoms with Crippen LogP contribution < -0.4 is 10.4 Å². The predicted octanol–water partition coefficient (Wildman–Crippen LogP) is 1.81. The predicted molar refractivity (Wildman–Crippen MR) is 61.3 cm³/mol. The van der Waals surface area contributed by atoms with Gasteiger partial charge in [0, 0.05) is 10.7 Å². The highest BCUT2D eigenvalue weighted by atomic mass is 35.5. The average Bonchev–Trinajstić information content (AvgIpc) is 2.67. The van der Waals surface area contributed by atoms with Crippen LogP contribution in [-0.2, 0) is 4.79 Å². The van der Waals surface area contributed by atoms with Crippen LogP contribution in [0.15, 0.2) is 24.3 Å². The van der Waals surface area contributed by atoms with Crippen LogP contribution in [0.3, 0.4) is 0 Å². The van der Waals surface area contributed by atoms with Crippen molar-refractivity contribution in [3.63, 3.8) is 0 Å². The van der Waals surface area contributed by atoms with Crippen LogP contribution in [0, 0.1) is 0 Å². The third-order valence-corrected chi connectivity index (χ3v) is 3.29. The van der Waals surface area contributed by atoms with Crippen molar-refractivity contribution in [2.45, 2.75) is 31.2 Å². The molecule has 1 aromatic rings. The summed E-state index contributed by atoms with van der Waals surface area (Å²) in [6.07, 6.45) is 3.06. The first kappa shape index (κ1) is 11.3. The molecule has 0 amide bonds. The summed E-state index contributed by atoms with van der Waals surface area (Å²) >= 11 is 5.85. The fourth-order valence-electron chi connectivity index (χ4n) is 2.20. The van der Waals surface area contributed by atoms with Crippen LogP contribution in [0.2, 0.25) is 5.02 Å². The van der Waals surface area contributed by atoms with E-state index in [1.807, 2.05) is 6.07 Å². The van der Waals surface area contributed by atoms with Gasteiger partial charge in [0.05, 0.1) is 11.5 Å². The van der Waals surface area contributed by atoms with E-state index >= 15 is 0 Å². The van der Waals surface area contributed by atoms with Crippen molar-refractivity contribution in [1.82, 2.24) is 0 Å². The Kier molecular flexibility index (Phi) is 3.06. The topological polar surface area (TPSA) is 52.2 Å². The van der Waals surface area contributed by atoms with Crippen molar-refractivity contribution >= 4 is 23.3 Å². The van der Waals surface area contributed by atoms with Gasteiger partial charge < -0.3 is 15.2 Å². The second kappa shape index (κ2) is 4.34. The summed E-state index contributed by atoms with van der Waals surface area (Å²) in [7, 11) is 0. The zero-order valence-corrected chi connectivity index (χ0v) is 9.59. The Hall–Kier alpha value is -1.22. The van der Waals surface area contributed by atoms with Crippen molar-refractivity contribution in [3.05, 3.63) is 29.3 Å². The maximum absolute atomic E-state index is 11.2. The molecular weight excluding hydrogens is 226 g/mol. The van der Waals surface area contributed by atoms with Crippen LogP contribution in [0.25, 0.3) is 0 Å². The molecule has 2 rings (SSSR count). The monoisotopic (exact) mass is 238 g/mol. The van der Waals surface area contributed by atoms with E-state index in [2.05, 4.69) is 5.32 Å². The average molecular weight is 239 g/mol. The van der Waals surface area contributed by atoms with Crippen LogP contribution >= 0.6 is 11.6 Å². The van der Waals surface area contributed by atoms with Gasteiger partial charge in [0.15, 0.2) is 0 Å². The van der Waals surface area contributed by atoms with Gasteiger partial charge in [-0.15, -0.1) is 0 Å². The summed E-state index contributed by atoms with van der Waals surface area (Å²) in [5, 5.41) is 14.8. The van der Waals surface area contributed by atoms with Crippen molar-refractivity contribution in [1.29, 1.82) is 0 Å². The lowest BCUT2D eigenvalue weighted by Gasteiger charge is -2.32. The lowest BCUT2D eigenvalue weighted by atomic mass is 9.97. The van der Waals surface area contributed by atoms with E-state index in [0.717, 1.165) is 18.5 Å². The van der Waals surface area contributed by atoms with Crippen LogP contribution in [0.4, 0.5) is 5.69 Å². The number of aliphatic carboxylic acids is 1. The second-order valence-corrected chi connectivity index (χ2v) is 4.65. The number of halogens is 1. The van der Waals surface area contributed by atoms with Crippen LogP contribution in [-0.4, -0.2) is 11.5 Å². The largest absolute Gasteiger partial charge is 0.548 e. The summed E-state index contributed by atoms with van der Waals surface area (Å²) in [6, 6.07) is 7.09. The van der Waals surface area contributed by atoms with Gasteiger partial charge in [0.1, 0.15) is 0 Å². The van der Waals surface area contributed by atoms with Crippen molar-refractivity contribution in [2.75, 3.05) is 5.32 Å². The number of rotatable bonds is 3. The normalized spacial score (nSPS) is 18.3. The van der Waals surface area contributed by atoms with Gasteiger partial charge in [-0.2, -0.15) is 0 Å². The van der Waals surface area contributed by atoms with Gasteiger partial charge >= 0.3 is 0 Å². The Morgan fingerprint density at radius 1 is 1.38 bits per heavy atom. The molecule has 3 nitrogen and oxygen atoms in total. The molecule has 1 fully saturated rings. The van der Waals surface area contributed by atoms with Gasteiger partial charge in [-0.3, -0.25) is 0 Å². The fraction of sp³-hybridized carbons (Fsp3) is 0.417. The molecule has 1 aliphatic carbocycles. The lowest BCUT2D eigenvalue weighted by Crippen LogP contribution is -2.52. The molecule has 0 radical (unpaired) electrons. The molecule has 16 heavy (non-hydrogen) atoms. The maximum Gasteiger partial charge on any atom is 0.0769 e. The number of nitrogens with one attached hydrogen (secondary N) is 1. The number of carboxylic acid groups (broad SMARTS) is 1. The summed E-state index contributed by atoms with van der Waals surface area (Å²) in [5.74, 6) is -1.02. The number of hydrogen-bond acceptors (Lipinski definition) is 3. The minimum atomic E-state index is -1.02. The third-order valence-electron chi connectivity index (χ3n) is 3.06. The second-order valence-electron chi connectivity index (χ2n) is 4.21. The van der Waals surface area contributed by atoms with E-state index in [-0.39, 0.29) is 0 Å². The molecule has 1 saturated carbocycles. The number of anilines is 1. The van der Waals surface area contributed by atoms with Crippen LogP contribution in [0.1, 0.15) is 25.7 Å². The molecular formula is C12H13ClNO2-. The lowest BCUT2D eigenvalue weighted by molar-refractivity contribution is -0.311. The first-order valence-electron chi connectivity index (χ1n) is 5.38. The molecule has 0 heterocycles. The van der Waals surface area contributed by atoms with E-state index < -0.39 is 11.5 Å². The molecule has 0 bridgehead atoms. The highest BCUT2D eigenvalue weighted by Gasteiger charge is 2.35. The van der Waals surface area contributed by atoms with E-state index in [9.17, 15) is 9.90 Å². The quantitative estimate of drug-likeness (QED) is 0.874. The Morgan fingerprint density at radius 3 is 2.62 bits per heavy atom. The molecule has 0 unspecified atom stereocenters. The molecule has 4 heteroatoms. The van der Waals surface area contributed by atoms with E-state index in [1.165, 1.54) is 0 Å². The van der Waals surface area contributed by atoms with Gasteiger partial charge in [-0.05, 0) is 31.0 Å². The van der Waals surface area contributed by atoms with Crippen molar-refractivity contribution < 1.29 is 9.90 Å². The molecule has 0 atom stereocenters. The molecule has 0 aromatic heterocycles. The summed E-state index contributed by atoms with van der Waals surface area (Å²) in [5.41, 5.74) is -0.177. The Labute approximate surface area is 99.4 Å². The Bertz CT molecular complexity index is 400.